The van der Waals surface area contributed by atoms with Crippen LogP contribution in [0.25, 0.3) is 0 Å². The van der Waals surface area contributed by atoms with E-state index in [9.17, 15) is 14.4 Å². The molecule has 2 N–H and O–H groups in total. The molecule has 0 aromatic heterocycles. The number of urea groups is 1. The van der Waals surface area contributed by atoms with Gasteiger partial charge in [-0.2, -0.15) is 0 Å². The van der Waals surface area contributed by atoms with E-state index < -0.39 is 12.0 Å². The summed E-state index contributed by atoms with van der Waals surface area (Å²) < 4.78 is 10.2. The molecule has 1 aliphatic rings. The molecule has 0 radical (unpaired) electrons. The largest absolute Gasteiger partial charge is 0.460 e. The molecule has 0 bridgehead atoms. The Hall–Kier alpha value is -2.87. The van der Waals surface area contributed by atoms with Gasteiger partial charge in [-0.25, -0.2) is 9.59 Å². The van der Waals surface area contributed by atoms with Gasteiger partial charge >= 0.3 is 12.0 Å². The zero-order valence-electron chi connectivity index (χ0n) is 18.8. The molecular formula is C23H33N3O5. The van der Waals surface area contributed by atoms with E-state index >= 15 is 0 Å². The highest BCUT2D eigenvalue weighted by Gasteiger charge is 2.35. The van der Waals surface area contributed by atoms with Crippen LogP contribution in [0.3, 0.4) is 0 Å². The molecule has 0 saturated heterocycles. The van der Waals surface area contributed by atoms with Gasteiger partial charge in [0, 0.05) is 32.0 Å². The van der Waals surface area contributed by atoms with Crippen LogP contribution in [0.4, 0.5) is 10.5 Å². The lowest BCUT2D eigenvalue weighted by Crippen LogP contribution is -2.46. The first-order valence-electron chi connectivity index (χ1n) is 10.7. The van der Waals surface area contributed by atoms with Crippen molar-refractivity contribution in [1.29, 1.82) is 0 Å². The number of unbranched alkanes of at least 4 members (excludes halogenated alkanes) is 3. The number of esters is 1. The lowest BCUT2D eigenvalue weighted by atomic mass is 9.95. The molecule has 3 amide bonds. The number of nitrogens with zero attached hydrogens (tertiary/aromatic N) is 1. The summed E-state index contributed by atoms with van der Waals surface area (Å²) in [7, 11) is 3.13. The van der Waals surface area contributed by atoms with Gasteiger partial charge in [0.1, 0.15) is 6.61 Å². The number of anilines is 1. The Labute approximate surface area is 184 Å². The molecule has 1 aromatic carbocycles. The number of nitrogens with one attached hydrogen (secondary N) is 2. The quantitative estimate of drug-likeness (QED) is 0.411. The summed E-state index contributed by atoms with van der Waals surface area (Å²) in [6.45, 7) is 4.26. The molecule has 0 aliphatic carbocycles. The smallest absolute Gasteiger partial charge is 0.338 e. The Morgan fingerprint density at radius 2 is 1.84 bits per heavy atom. The maximum absolute atomic E-state index is 12.7. The summed E-state index contributed by atoms with van der Waals surface area (Å²) in [5.74, 6) is -0.523. The highest BCUT2D eigenvalue weighted by molar-refractivity contribution is 5.95. The number of carbonyl (C=O) groups is 3. The number of hydrogen-bond acceptors (Lipinski definition) is 5. The first-order valence-corrected chi connectivity index (χ1v) is 10.7. The van der Waals surface area contributed by atoms with E-state index in [1.807, 2.05) is 0 Å². The first kappa shape index (κ1) is 24.4. The molecule has 8 nitrogen and oxygen atoms in total. The van der Waals surface area contributed by atoms with Crippen LogP contribution in [0.2, 0.25) is 0 Å². The van der Waals surface area contributed by atoms with Crippen molar-refractivity contribution in [1.82, 2.24) is 10.2 Å². The Bertz CT molecular complexity index is 804. The minimum Gasteiger partial charge on any atom is -0.460 e. The maximum atomic E-state index is 12.7. The van der Waals surface area contributed by atoms with Gasteiger partial charge in [-0.1, -0.05) is 38.3 Å². The Morgan fingerprint density at radius 3 is 2.48 bits per heavy atom. The van der Waals surface area contributed by atoms with Crippen molar-refractivity contribution < 1.29 is 23.9 Å². The van der Waals surface area contributed by atoms with Crippen LogP contribution in [-0.4, -0.2) is 50.2 Å². The number of methoxy groups -OCH3 is 1. The molecule has 1 heterocycles. The lowest BCUT2D eigenvalue weighted by Gasteiger charge is -2.33. The average molecular weight is 432 g/mol. The van der Waals surface area contributed by atoms with E-state index in [4.69, 9.17) is 9.47 Å². The van der Waals surface area contributed by atoms with Crippen LogP contribution in [0, 0.1) is 0 Å². The number of hydrogen-bond donors (Lipinski definition) is 2. The van der Waals surface area contributed by atoms with E-state index in [0.717, 1.165) is 31.2 Å². The zero-order chi connectivity index (χ0) is 22.8. The third-order valence-electron chi connectivity index (χ3n) is 5.28. The fourth-order valence-electron chi connectivity index (χ4n) is 3.34. The molecule has 1 aliphatic heterocycles. The summed E-state index contributed by atoms with van der Waals surface area (Å²) in [4.78, 5) is 38.5. The van der Waals surface area contributed by atoms with Crippen molar-refractivity contribution in [3.05, 3.63) is 41.1 Å². The second-order valence-electron chi connectivity index (χ2n) is 7.55. The van der Waals surface area contributed by atoms with Crippen LogP contribution in [0.1, 0.15) is 57.6 Å². The van der Waals surface area contributed by atoms with E-state index in [0.29, 0.717) is 23.4 Å². The predicted octanol–water partition coefficient (Wildman–Crippen LogP) is 3.76. The Balaban J connectivity index is 2.12. The summed E-state index contributed by atoms with van der Waals surface area (Å²) in [6, 6.07) is 6.18. The number of ether oxygens (including phenoxy) is 2. The molecule has 0 spiro atoms. The van der Waals surface area contributed by atoms with Gasteiger partial charge in [-0.05, 0) is 31.0 Å². The third kappa shape index (κ3) is 6.82. The summed E-state index contributed by atoms with van der Waals surface area (Å²) in [6.07, 6.45) is 4.68. The Morgan fingerprint density at radius 1 is 1.13 bits per heavy atom. The van der Waals surface area contributed by atoms with Crippen molar-refractivity contribution in [2.24, 2.45) is 0 Å². The molecule has 1 aromatic rings. The second-order valence-corrected chi connectivity index (χ2v) is 7.55. The molecular weight excluding hydrogens is 398 g/mol. The van der Waals surface area contributed by atoms with Gasteiger partial charge < -0.3 is 25.0 Å². The molecule has 170 valence electrons. The minimum absolute atomic E-state index is 0.0189. The van der Waals surface area contributed by atoms with Gasteiger partial charge in [0.2, 0.25) is 5.91 Å². The molecule has 0 unspecified atom stereocenters. The topological polar surface area (TPSA) is 97.0 Å². The summed E-state index contributed by atoms with van der Waals surface area (Å²) in [5.41, 5.74) is 2.29. The highest BCUT2D eigenvalue weighted by atomic mass is 16.6. The van der Waals surface area contributed by atoms with Gasteiger partial charge in [-0.15, -0.1) is 0 Å². The summed E-state index contributed by atoms with van der Waals surface area (Å²) >= 11 is 0. The molecule has 1 atom stereocenters. The van der Waals surface area contributed by atoms with Crippen molar-refractivity contribution in [3.63, 3.8) is 0 Å². The van der Waals surface area contributed by atoms with E-state index in [-0.39, 0.29) is 25.2 Å². The van der Waals surface area contributed by atoms with Crippen LogP contribution in [-0.2, 0) is 19.1 Å². The fraction of sp³-hybridized carbons (Fsp3) is 0.522. The van der Waals surface area contributed by atoms with Crippen molar-refractivity contribution in [2.75, 3.05) is 32.7 Å². The lowest BCUT2D eigenvalue weighted by molar-refractivity contribution is -0.140. The third-order valence-corrected chi connectivity index (χ3v) is 5.28. The van der Waals surface area contributed by atoms with Crippen molar-refractivity contribution >= 4 is 23.6 Å². The normalized spacial score (nSPS) is 16.2. The van der Waals surface area contributed by atoms with E-state index in [2.05, 4.69) is 17.6 Å². The highest BCUT2D eigenvalue weighted by Crippen LogP contribution is 2.31. The number of benzene rings is 1. The second kappa shape index (κ2) is 12.1. The van der Waals surface area contributed by atoms with Gasteiger partial charge in [-0.3, -0.25) is 4.79 Å². The van der Waals surface area contributed by atoms with Gasteiger partial charge in [0.15, 0.2) is 0 Å². The Kier molecular flexibility index (Phi) is 9.52. The van der Waals surface area contributed by atoms with Crippen LogP contribution >= 0.6 is 0 Å². The van der Waals surface area contributed by atoms with Crippen LogP contribution < -0.4 is 10.6 Å². The molecule has 8 heteroatoms. The average Bonchev–Trinajstić information content (AvgIpc) is 2.75. The van der Waals surface area contributed by atoms with E-state index in [1.165, 1.54) is 12.0 Å². The minimum atomic E-state index is -0.641. The standard InChI is InChI=1S/C23H33N3O5/c1-5-6-7-8-9-19(27)24-18-12-10-17(11-13-18)21-20(22(28)31-15-14-30-4)16(2)26(3)23(29)25-21/h10-13,21H,5-9,14-15H2,1-4H3,(H,24,27)(H,25,29)/t21-/m0/s1. The molecule has 31 heavy (non-hydrogen) atoms. The number of carbonyl (C=O) groups excluding carboxylic acids is 3. The fourth-order valence-corrected chi connectivity index (χ4v) is 3.34. The van der Waals surface area contributed by atoms with Gasteiger partial charge in [0.25, 0.3) is 0 Å². The molecule has 0 fully saturated rings. The molecule has 2 rings (SSSR count). The predicted molar refractivity (Wildman–Crippen MR) is 118 cm³/mol. The van der Waals surface area contributed by atoms with Crippen LogP contribution in [0.5, 0.6) is 0 Å². The van der Waals surface area contributed by atoms with Crippen molar-refractivity contribution in [2.45, 2.75) is 52.0 Å². The SMILES string of the molecule is CCCCCCC(=O)Nc1ccc([C@@H]2NC(=O)N(C)C(C)=C2C(=O)OCCOC)cc1. The van der Waals surface area contributed by atoms with Crippen LogP contribution in [0.15, 0.2) is 35.5 Å². The number of allylic oxidation sites excluding steroid dienone is 1. The van der Waals surface area contributed by atoms with Crippen molar-refractivity contribution in [3.8, 4) is 0 Å². The van der Waals surface area contributed by atoms with Gasteiger partial charge in [0.05, 0.1) is 18.2 Å². The first-order chi connectivity index (χ1) is 14.9. The maximum Gasteiger partial charge on any atom is 0.338 e. The summed E-state index contributed by atoms with van der Waals surface area (Å²) in [5, 5.41) is 5.73. The monoisotopic (exact) mass is 431 g/mol. The number of rotatable bonds is 11. The molecule has 0 saturated carbocycles. The number of amides is 3. The zero-order valence-corrected chi connectivity index (χ0v) is 18.8. The van der Waals surface area contributed by atoms with E-state index in [1.54, 1.807) is 38.2 Å².